The van der Waals surface area contributed by atoms with E-state index in [1.54, 1.807) is 17.1 Å². The summed E-state index contributed by atoms with van der Waals surface area (Å²) in [6, 6.07) is 7.64. The molecule has 0 unspecified atom stereocenters. The Balaban J connectivity index is 2.03. The number of halogens is 1. The summed E-state index contributed by atoms with van der Waals surface area (Å²) in [6.45, 7) is 0. The van der Waals surface area contributed by atoms with E-state index in [2.05, 4.69) is 10.3 Å². The molecule has 94 valence electrons. The largest absolute Gasteiger partial charge is 0.340 e. The molecule has 2 aromatic rings. The number of alkyl halides is 1. The predicted molar refractivity (Wildman–Crippen MR) is 72.0 cm³/mol. The maximum absolute atomic E-state index is 11.8. The summed E-state index contributed by atoms with van der Waals surface area (Å²) in [7, 11) is 1.82. The molecule has 4 nitrogen and oxygen atoms in total. The third-order valence-corrected chi connectivity index (χ3v) is 2.72. The Hall–Kier alpha value is -1.81. The topological polar surface area (TPSA) is 46.9 Å². The number of nitrogens with zero attached hydrogens (tertiary/aromatic N) is 2. The zero-order chi connectivity index (χ0) is 13.0. The van der Waals surface area contributed by atoms with Crippen LogP contribution in [0, 0.1) is 0 Å². The lowest BCUT2D eigenvalue weighted by atomic mass is 10.1. The first-order valence-electron chi connectivity index (χ1n) is 5.63. The van der Waals surface area contributed by atoms with E-state index in [1.165, 1.54) is 0 Å². The Bertz CT molecular complexity index is 533. The quantitative estimate of drug-likeness (QED) is 0.862. The number of aryl methyl sites for hydroxylation is 2. The number of carbonyl (C=O) groups excluding carboxylic acids is 1. The second-order valence-electron chi connectivity index (χ2n) is 4.01. The van der Waals surface area contributed by atoms with Crippen molar-refractivity contribution in [3.05, 3.63) is 48.0 Å². The lowest BCUT2D eigenvalue weighted by Gasteiger charge is -2.04. The molecule has 18 heavy (non-hydrogen) atoms. The normalized spacial score (nSPS) is 10.3. The third-order valence-electron chi connectivity index (χ3n) is 2.53. The van der Waals surface area contributed by atoms with Gasteiger partial charge in [0, 0.05) is 24.8 Å². The van der Waals surface area contributed by atoms with Crippen molar-refractivity contribution in [2.45, 2.75) is 6.42 Å². The van der Waals surface area contributed by atoms with Gasteiger partial charge in [-0.25, -0.2) is 4.98 Å². The van der Waals surface area contributed by atoms with Crippen molar-refractivity contribution < 1.29 is 4.79 Å². The Morgan fingerprint density at radius 3 is 2.67 bits per heavy atom. The SMILES string of the molecule is Cn1cnc(C(=O)Nc2ccc(CCCl)cc2)c1. The van der Waals surface area contributed by atoms with E-state index in [-0.39, 0.29) is 5.91 Å². The second kappa shape index (κ2) is 5.69. The van der Waals surface area contributed by atoms with E-state index in [0.29, 0.717) is 11.6 Å². The summed E-state index contributed by atoms with van der Waals surface area (Å²) in [5, 5.41) is 2.79. The number of aromatic nitrogens is 2. The molecule has 1 N–H and O–H groups in total. The molecule has 0 saturated carbocycles. The van der Waals surface area contributed by atoms with Gasteiger partial charge in [-0.15, -0.1) is 11.6 Å². The number of amides is 1. The van der Waals surface area contributed by atoms with Gasteiger partial charge in [-0.05, 0) is 24.1 Å². The number of anilines is 1. The zero-order valence-electron chi connectivity index (χ0n) is 10.1. The molecule has 2 rings (SSSR count). The van der Waals surface area contributed by atoms with Gasteiger partial charge in [0.2, 0.25) is 0 Å². The highest BCUT2D eigenvalue weighted by Crippen LogP contribution is 2.11. The minimum Gasteiger partial charge on any atom is -0.340 e. The number of imidazole rings is 1. The molecule has 1 aromatic carbocycles. The Labute approximate surface area is 111 Å². The average Bonchev–Trinajstić information content (AvgIpc) is 2.79. The van der Waals surface area contributed by atoms with Crippen LogP contribution in [0.25, 0.3) is 0 Å². The fraction of sp³-hybridized carbons (Fsp3) is 0.231. The molecule has 0 radical (unpaired) electrons. The number of rotatable bonds is 4. The number of hydrogen-bond acceptors (Lipinski definition) is 2. The summed E-state index contributed by atoms with van der Waals surface area (Å²) >= 11 is 5.66. The van der Waals surface area contributed by atoms with Crippen molar-refractivity contribution in [2.24, 2.45) is 7.05 Å². The summed E-state index contributed by atoms with van der Waals surface area (Å²) < 4.78 is 1.73. The first-order valence-corrected chi connectivity index (χ1v) is 6.16. The lowest BCUT2D eigenvalue weighted by molar-refractivity contribution is 0.102. The van der Waals surface area contributed by atoms with E-state index >= 15 is 0 Å². The van der Waals surface area contributed by atoms with Crippen molar-refractivity contribution in [1.82, 2.24) is 9.55 Å². The van der Waals surface area contributed by atoms with Crippen LogP contribution in [0.5, 0.6) is 0 Å². The molecule has 0 atom stereocenters. The summed E-state index contributed by atoms with van der Waals surface area (Å²) in [4.78, 5) is 15.8. The van der Waals surface area contributed by atoms with Gasteiger partial charge >= 0.3 is 0 Å². The van der Waals surface area contributed by atoms with E-state index in [4.69, 9.17) is 11.6 Å². The summed E-state index contributed by atoms with van der Waals surface area (Å²) in [5.74, 6) is 0.389. The highest BCUT2D eigenvalue weighted by molar-refractivity contribution is 6.18. The molecule has 1 aromatic heterocycles. The first-order chi connectivity index (χ1) is 8.69. The van der Waals surface area contributed by atoms with E-state index in [9.17, 15) is 4.79 Å². The van der Waals surface area contributed by atoms with Gasteiger partial charge in [-0.1, -0.05) is 12.1 Å². The average molecular weight is 264 g/mol. The number of carbonyl (C=O) groups is 1. The van der Waals surface area contributed by atoms with Crippen LogP contribution in [-0.4, -0.2) is 21.3 Å². The van der Waals surface area contributed by atoms with Crippen LogP contribution < -0.4 is 5.32 Å². The van der Waals surface area contributed by atoms with Crippen LogP contribution in [0.15, 0.2) is 36.8 Å². The fourth-order valence-corrected chi connectivity index (χ4v) is 1.81. The predicted octanol–water partition coefficient (Wildman–Crippen LogP) is 2.45. The van der Waals surface area contributed by atoms with Crippen LogP contribution in [0.1, 0.15) is 16.1 Å². The van der Waals surface area contributed by atoms with Crippen molar-refractivity contribution in [2.75, 3.05) is 11.2 Å². The summed E-state index contributed by atoms with van der Waals surface area (Å²) in [5.41, 5.74) is 2.31. The monoisotopic (exact) mass is 263 g/mol. The van der Waals surface area contributed by atoms with Crippen molar-refractivity contribution >= 4 is 23.2 Å². The maximum Gasteiger partial charge on any atom is 0.275 e. The molecule has 1 amide bonds. The van der Waals surface area contributed by atoms with Gasteiger partial charge in [0.05, 0.1) is 6.33 Å². The molecule has 5 heteroatoms. The molecule has 0 fully saturated rings. The molecular formula is C13H14ClN3O. The van der Waals surface area contributed by atoms with Crippen LogP contribution in [-0.2, 0) is 13.5 Å². The van der Waals surface area contributed by atoms with Gasteiger partial charge < -0.3 is 9.88 Å². The van der Waals surface area contributed by atoms with Gasteiger partial charge in [-0.3, -0.25) is 4.79 Å². The highest BCUT2D eigenvalue weighted by Gasteiger charge is 2.08. The lowest BCUT2D eigenvalue weighted by Crippen LogP contribution is -2.12. The van der Waals surface area contributed by atoms with E-state index in [0.717, 1.165) is 17.7 Å². The molecule has 1 heterocycles. The van der Waals surface area contributed by atoms with Gasteiger partial charge in [0.1, 0.15) is 5.69 Å². The third kappa shape index (κ3) is 3.11. The number of benzene rings is 1. The van der Waals surface area contributed by atoms with E-state index < -0.39 is 0 Å². The van der Waals surface area contributed by atoms with Gasteiger partial charge in [0.25, 0.3) is 5.91 Å². The van der Waals surface area contributed by atoms with Gasteiger partial charge in [-0.2, -0.15) is 0 Å². The smallest absolute Gasteiger partial charge is 0.275 e. The van der Waals surface area contributed by atoms with E-state index in [1.807, 2.05) is 31.3 Å². The molecule has 0 spiro atoms. The Kier molecular flexibility index (Phi) is 3.99. The molecule has 0 aliphatic heterocycles. The van der Waals surface area contributed by atoms with Gasteiger partial charge in [0.15, 0.2) is 0 Å². The molecular weight excluding hydrogens is 250 g/mol. The zero-order valence-corrected chi connectivity index (χ0v) is 10.8. The Morgan fingerprint density at radius 1 is 1.39 bits per heavy atom. The minimum atomic E-state index is -0.208. The van der Waals surface area contributed by atoms with Crippen LogP contribution >= 0.6 is 11.6 Å². The molecule has 0 saturated heterocycles. The molecule has 0 aliphatic carbocycles. The maximum atomic E-state index is 11.8. The van der Waals surface area contributed by atoms with Crippen LogP contribution in [0.4, 0.5) is 5.69 Å². The molecule has 0 aliphatic rings. The standard InChI is InChI=1S/C13H14ClN3O/c1-17-8-12(15-9-17)13(18)16-11-4-2-10(3-5-11)6-7-14/h2-5,8-9H,6-7H2,1H3,(H,16,18). The number of hydrogen-bond donors (Lipinski definition) is 1. The van der Waals surface area contributed by atoms with Crippen molar-refractivity contribution in [3.63, 3.8) is 0 Å². The minimum absolute atomic E-state index is 0.208. The summed E-state index contributed by atoms with van der Waals surface area (Å²) in [6.07, 6.45) is 4.10. The first kappa shape index (κ1) is 12.6. The highest BCUT2D eigenvalue weighted by atomic mass is 35.5. The van der Waals surface area contributed by atoms with Crippen LogP contribution in [0.3, 0.4) is 0 Å². The van der Waals surface area contributed by atoms with Crippen LogP contribution in [0.2, 0.25) is 0 Å². The van der Waals surface area contributed by atoms with Crippen molar-refractivity contribution in [1.29, 1.82) is 0 Å². The number of nitrogens with one attached hydrogen (secondary N) is 1. The van der Waals surface area contributed by atoms with Crippen molar-refractivity contribution in [3.8, 4) is 0 Å². The fourth-order valence-electron chi connectivity index (χ4n) is 1.59. The second-order valence-corrected chi connectivity index (χ2v) is 4.39. The Morgan fingerprint density at radius 2 is 2.11 bits per heavy atom. The molecule has 0 bridgehead atoms.